The molecule has 5 saturated heterocycles. The molecule has 4 N–H and O–H groups in total. The molecule has 8 atom stereocenters. The van der Waals surface area contributed by atoms with Crippen LogP contribution in [0.25, 0.3) is 43.4 Å². The van der Waals surface area contributed by atoms with Crippen LogP contribution in [0.3, 0.4) is 0 Å². The molecule has 5 aliphatic rings. The molecule has 0 spiro atoms. The average Bonchev–Trinajstić information content (AvgIpc) is 4.41. The number of carbonyl (C=O) groups is 2. The number of aryl methyl sites for hydroxylation is 2. The first-order valence-corrected chi connectivity index (χ1v) is 29.7. The first-order chi connectivity index (χ1) is 39.2. The predicted molar refractivity (Wildman–Crippen MR) is 309 cm³/mol. The third-order valence-electron chi connectivity index (χ3n) is 17.4. The van der Waals surface area contributed by atoms with Crippen molar-refractivity contribution in [3.05, 3.63) is 101 Å². The van der Waals surface area contributed by atoms with E-state index in [1.807, 2.05) is 81.7 Å². The molecule has 18 nitrogen and oxygen atoms in total. The fourth-order valence-electron chi connectivity index (χ4n) is 13.1. The van der Waals surface area contributed by atoms with Gasteiger partial charge in [-0.3, -0.25) is 19.5 Å². The normalized spacial score (nSPS) is 23.3. The Kier molecular flexibility index (Phi) is 15.4. The van der Waals surface area contributed by atoms with Gasteiger partial charge in [0.15, 0.2) is 17.4 Å². The number of nitrogens with zero attached hydrogens (tertiary/aromatic N) is 9. The number of ether oxygens (including phenoxy) is 2. The molecule has 2 unspecified atom stereocenters. The number of amides is 2. The van der Waals surface area contributed by atoms with Crippen LogP contribution in [0.4, 0.5) is 16.0 Å². The molecule has 4 aromatic heterocycles. The molecule has 0 saturated carbocycles. The minimum absolute atomic E-state index is 0.00153. The number of likely N-dealkylation sites (tertiary alicyclic amines) is 2. The number of rotatable bonds is 16. The SMILES string of the molecule is CCc1cccc2cc(O)cc(-c3ncc4c(N5CC6CCC(C5)N6)nc(OC[C@@H]5C[C@@H](OC6CCN(c7cc([C@@H](C(=O)N8C[C@H](O)C[C@H]8C(=O)N[C@@H](C)c8ccc(-c9scnc9C)cc8)C(C)C)on7)CC6)CN5C)nc4c3F)c12. The van der Waals surface area contributed by atoms with E-state index in [1.165, 1.54) is 4.90 Å². The highest BCUT2D eigenvalue weighted by atomic mass is 32.1. The summed E-state index contributed by atoms with van der Waals surface area (Å²) in [5.74, 6) is -0.352. The van der Waals surface area contributed by atoms with E-state index in [1.54, 1.807) is 29.7 Å². The van der Waals surface area contributed by atoms with E-state index < -0.39 is 23.9 Å². The molecule has 3 aromatic carbocycles. The Morgan fingerprint density at radius 3 is 2.44 bits per heavy atom. The minimum atomic E-state index is -0.837. The van der Waals surface area contributed by atoms with Crippen LogP contribution in [0.5, 0.6) is 11.8 Å². The van der Waals surface area contributed by atoms with E-state index in [4.69, 9.17) is 28.9 Å². The van der Waals surface area contributed by atoms with E-state index in [0.717, 1.165) is 96.2 Å². The van der Waals surface area contributed by atoms with Gasteiger partial charge in [0.2, 0.25) is 11.8 Å². The Labute approximate surface area is 475 Å². The maximum atomic E-state index is 17.2. The number of carbonyl (C=O) groups excluding carboxylic acids is 2. The summed E-state index contributed by atoms with van der Waals surface area (Å²) in [4.78, 5) is 56.4. The number of phenols is 1. The van der Waals surface area contributed by atoms with Crippen LogP contribution in [0.1, 0.15) is 101 Å². The third kappa shape index (κ3) is 11.0. The molecular formula is C61H72FN11O7S. The highest BCUT2D eigenvalue weighted by Gasteiger charge is 2.44. The van der Waals surface area contributed by atoms with Crippen molar-refractivity contribution >= 4 is 56.5 Å². The number of aliphatic hydroxyl groups is 1. The number of β-amino-alcohol motifs (C(OH)–C–C–N with tert-alkyl or cyclic N) is 1. The zero-order valence-electron chi connectivity index (χ0n) is 46.8. The van der Waals surface area contributed by atoms with Gasteiger partial charge in [-0.1, -0.05) is 68.4 Å². The topological polar surface area (TPSA) is 208 Å². The fraction of sp³-hybridized carbons (Fsp3) is 0.492. The lowest BCUT2D eigenvalue weighted by Gasteiger charge is -2.34. The van der Waals surface area contributed by atoms with E-state index in [-0.39, 0.29) is 84.6 Å². The lowest BCUT2D eigenvalue weighted by molar-refractivity contribution is -0.141. The molecule has 2 amide bonds. The van der Waals surface area contributed by atoms with E-state index in [2.05, 4.69) is 49.4 Å². The standard InChI is InChI=1S/C61H72FN11O7S/c1-7-36-9-8-10-39-21-43(74)23-47(53(36)39)55-54(62)56-48(26-63-55)58(72-27-40-15-16-41(28-72)66-40)68-61(67-56)78-31-42-22-46(30-70(42)6)79-45-17-19-71(20-18-45)51-25-50(80-69-51)52(33(2)3)60(77)73-29-44(75)24-49(73)59(76)65-34(4)37-11-13-38(14-12-37)57-35(5)64-32-81-57/h8-14,21,23,25-26,32-34,40-42,44-46,49,52,66,74-75H,7,15-20,22,24,27-31H2,1-6H3,(H,65,76)/t34-,40?,41?,42-,44+,46+,49-,52-/m0/s1. The second kappa shape index (κ2) is 22.8. The highest BCUT2D eigenvalue weighted by Crippen LogP contribution is 2.40. The van der Waals surface area contributed by atoms with Crippen LogP contribution in [-0.4, -0.2) is 152 Å². The lowest BCUT2D eigenvalue weighted by atomic mass is 9.91. The molecule has 0 aliphatic carbocycles. The molecule has 5 fully saturated rings. The quantitative estimate of drug-likeness (QED) is 0.0717. The summed E-state index contributed by atoms with van der Waals surface area (Å²) < 4.78 is 36.4. The number of aromatic hydroxyl groups is 1. The average molecular weight is 1120 g/mol. The monoisotopic (exact) mass is 1120 g/mol. The van der Waals surface area contributed by atoms with E-state index in [0.29, 0.717) is 53.5 Å². The number of piperidine rings is 1. The van der Waals surface area contributed by atoms with Gasteiger partial charge < -0.3 is 49.5 Å². The smallest absolute Gasteiger partial charge is 0.319 e. The maximum Gasteiger partial charge on any atom is 0.319 e. The Morgan fingerprint density at radius 1 is 0.938 bits per heavy atom. The van der Waals surface area contributed by atoms with Crippen LogP contribution in [0.2, 0.25) is 0 Å². The molecule has 2 bridgehead atoms. The van der Waals surface area contributed by atoms with Crippen molar-refractivity contribution in [2.24, 2.45) is 5.92 Å². The first-order valence-electron chi connectivity index (χ1n) is 28.8. The minimum Gasteiger partial charge on any atom is -0.508 e. The summed E-state index contributed by atoms with van der Waals surface area (Å²) >= 11 is 1.59. The summed E-state index contributed by atoms with van der Waals surface area (Å²) in [5.41, 5.74) is 6.58. The van der Waals surface area contributed by atoms with Crippen LogP contribution in [0, 0.1) is 18.7 Å². The van der Waals surface area contributed by atoms with Gasteiger partial charge >= 0.3 is 6.01 Å². The number of likely N-dealkylation sites (N-methyl/N-ethyl adjacent to an activating group) is 1. The van der Waals surface area contributed by atoms with Gasteiger partial charge in [-0.2, -0.15) is 9.97 Å². The molecule has 5 aliphatic heterocycles. The van der Waals surface area contributed by atoms with Crippen molar-refractivity contribution in [3.63, 3.8) is 0 Å². The van der Waals surface area contributed by atoms with Gasteiger partial charge in [0.25, 0.3) is 0 Å². The predicted octanol–water partition coefficient (Wildman–Crippen LogP) is 8.33. The number of piperazine rings is 1. The number of aromatic nitrogens is 5. The number of anilines is 2. The Bertz CT molecular complexity index is 3430. The van der Waals surface area contributed by atoms with Crippen LogP contribution >= 0.6 is 11.3 Å². The third-order valence-corrected chi connectivity index (χ3v) is 18.4. The number of thiazole rings is 1. The number of benzene rings is 3. The molecule has 7 aromatic rings. The summed E-state index contributed by atoms with van der Waals surface area (Å²) in [6.07, 6.45) is 6.13. The summed E-state index contributed by atoms with van der Waals surface area (Å²) in [5, 5.41) is 35.1. The number of nitrogens with one attached hydrogen (secondary N) is 2. The Morgan fingerprint density at radius 2 is 1.72 bits per heavy atom. The molecular weight excluding hydrogens is 1050 g/mol. The fourth-order valence-corrected chi connectivity index (χ4v) is 13.9. The van der Waals surface area contributed by atoms with Crippen molar-refractivity contribution in [3.8, 4) is 33.5 Å². The number of halogens is 1. The zero-order chi connectivity index (χ0) is 56.2. The highest BCUT2D eigenvalue weighted by molar-refractivity contribution is 7.13. The van der Waals surface area contributed by atoms with Crippen molar-refractivity contribution in [2.45, 2.75) is 134 Å². The Hall–Kier alpha value is -6.84. The molecule has 0 radical (unpaired) electrons. The molecule has 81 heavy (non-hydrogen) atoms. The second-order valence-electron chi connectivity index (χ2n) is 23.3. The molecule has 426 valence electrons. The van der Waals surface area contributed by atoms with Gasteiger partial charge in [0.05, 0.1) is 45.8 Å². The van der Waals surface area contributed by atoms with Gasteiger partial charge in [-0.25, -0.2) is 9.37 Å². The molecule has 12 rings (SSSR count). The van der Waals surface area contributed by atoms with Crippen LogP contribution in [0.15, 0.2) is 76.9 Å². The summed E-state index contributed by atoms with van der Waals surface area (Å²) in [6, 6.07) is 18.6. The molecule has 20 heteroatoms. The van der Waals surface area contributed by atoms with Crippen molar-refractivity contribution in [1.29, 1.82) is 0 Å². The first kappa shape index (κ1) is 54.7. The largest absolute Gasteiger partial charge is 0.508 e. The van der Waals surface area contributed by atoms with Gasteiger partial charge in [-0.15, -0.1) is 11.3 Å². The molecule has 9 heterocycles. The van der Waals surface area contributed by atoms with E-state index >= 15 is 4.39 Å². The van der Waals surface area contributed by atoms with Crippen LogP contribution in [-0.2, 0) is 20.7 Å². The second-order valence-corrected chi connectivity index (χ2v) is 24.2. The van der Waals surface area contributed by atoms with Gasteiger partial charge in [-0.05, 0) is 105 Å². The van der Waals surface area contributed by atoms with Crippen molar-refractivity contribution in [2.75, 3.05) is 62.7 Å². The maximum absolute atomic E-state index is 17.2. The lowest BCUT2D eigenvalue weighted by Crippen LogP contribution is -2.51. The summed E-state index contributed by atoms with van der Waals surface area (Å²) in [7, 11) is 2.07. The number of aliphatic hydroxyl groups excluding tert-OH is 1. The summed E-state index contributed by atoms with van der Waals surface area (Å²) in [6.45, 7) is 13.7. The van der Waals surface area contributed by atoms with Crippen LogP contribution < -0.4 is 25.2 Å². The number of phenolic OH excluding ortho intramolecular Hbond substituents is 1. The van der Waals surface area contributed by atoms with E-state index in [9.17, 15) is 19.8 Å². The number of hydrogen-bond donors (Lipinski definition) is 4. The van der Waals surface area contributed by atoms with Gasteiger partial charge in [0.1, 0.15) is 41.3 Å². The zero-order valence-corrected chi connectivity index (χ0v) is 47.7. The Balaban J connectivity index is 0.674. The van der Waals surface area contributed by atoms with Crippen molar-refractivity contribution < 1.29 is 38.2 Å². The number of hydrogen-bond acceptors (Lipinski definition) is 17. The number of pyridine rings is 1. The number of fused-ring (bicyclic) bond motifs is 4. The van der Waals surface area contributed by atoms with Gasteiger partial charge in [0, 0.05) is 81.6 Å². The van der Waals surface area contributed by atoms with Crippen molar-refractivity contribution in [1.82, 2.24) is 45.5 Å².